The van der Waals surface area contributed by atoms with Gasteiger partial charge in [-0.3, -0.25) is 0 Å². The number of hydrogen-bond acceptors (Lipinski definition) is 1. The Morgan fingerprint density at radius 1 is 0.818 bits per heavy atom. The molecule has 33 heavy (non-hydrogen) atoms. The molecule has 0 aromatic heterocycles. The lowest BCUT2D eigenvalue weighted by Crippen LogP contribution is -2.45. The van der Waals surface area contributed by atoms with Crippen molar-refractivity contribution in [1.29, 1.82) is 0 Å². The zero-order chi connectivity index (χ0) is 26.4. The molecule has 0 N–H and O–H groups in total. The molecule has 0 heterocycles. The molecule has 0 bridgehead atoms. The summed E-state index contributed by atoms with van der Waals surface area (Å²) >= 11 is 0. The maximum absolute atomic E-state index is 12.9. The average Bonchev–Trinajstić information content (AvgIpc) is 2.59. The standard InChI is InChI=1S/C26H46F6O/c1-11-12-21(19(5)17(2)3)13-14-23(7,8)15-18(4)16-24(9,10)20(6)33-22(25(27,28)29)26(30,31)32/h17-19,21-22H,6,11-16H2,1-5,7-10H3. The number of hydrogen-bond donors (Lipinski definition) is 0. The summed E-state index contributed by atoms with van der Waals surface area (Å²) in [6.07, 6.45) is -9.27. The van der Waals surface area contributed by atoms with Crippen LogP contribution in [0.3, 0.4) is 0 Å². The van der Waals surface area contributed by atoms with Crippen molar-refractivity contribution in [3.8, 4) is 0 Å². The maximum atomic E-state index is 12.9. The quantitative estimate of drug-likeness (QED) is 0.175. The van der Waals surface area contributed by atoms with Gasteiger partial charge in [0.25, 0.3) is 6.10 Å². The van der Waals surface area contributed by atoms with Gasteiger partial charge in [0, 0.05) is 5.41 Å². The molecule has 0 aromatic rings. The molecule has 198 valence electrons. The van der Waals surface area contributed by atoms with E-state index >= 15 is 0 Å². The Morgan fingerprint density at radius 2 is 1.30 bits per heavy atom. The lowest BCUT2D eigenvalue weighted by Gasteiger charge is -2.36. The summed E-state index contributed by atoms with van der Waals surface area (Å²) in [5.74, 6) is 1.49. The van der Waals surface area contributed by atoms with Gasteiger partial charge in [-0.2, -0.15) is 26.3 Å². The minimum Gasteiger partial charge on any atom is -0.476 e. The first-order valence-corrected chi connectivity index (χ1v) is 12.1. The van der Waals surface area contributed by atoms with Gasteiger partial charge in [-0.1, -0.05) is 81.7 Å². The lowest BCUT2D eigenvalue weighted by atomic mass is 9.71. The number of halogens is 6. The highest BCUT2D eigenvalue weighted by atomic mass is 19.4. The molecule has 0 saturated carbocycles. The van der Waals surface area contributed by atoms with Crippen LogP contribution in [0.4, 0.5) is 26.3 Å². The van der Waals surface area contributed by atoms with Crippen LogP contribution in [0.25, 0.3) is 0 Å². The van der Waals surface area contributed by atoms with Crippen LogP contribution in [0, 0.1) is 34.5 Å². The van der Waals surface area contributed by atoms with E-state index in [9.17, 15) is 26.3 Å². The lowest BCUT2D eigenvalue weighted by molar-refractivity contribution is -0.315. The van der Waals surface area contributed by atoms with Gasteiger partial charge in [0.1, 0.15) is 0 Å². The first kappa shape index (κ1) is 32.1. The molecule has 3 atom stereocenters. The fourth-order valence-corrected chi connectivity index (χ4v) is 4.88. The molecule has 0 aliphatic rings. The average molecular weight is 489 g/mol. The summed E-state index contributed by atoms with van der Waals surface area (Å²) in [5.41, 5.74) is -1.01. The molecule has 0 aliphatic heterocycles. The van der Waals surface area contributed by atoms with Crippen molar-refractivity contribution in [2.75, 3.05) is 0 Å². The first-order chi connectivity index (χ1) is 14.6. The summed E-state index contributed by atoms with van der Waals surface area (Å²) < 4.78 is 81.6. The van der Waals surface area contributed by atoms with Crippen LogP contribution < -0.4 is 0 Å². The molecular formula is C26H46F6O. The summed E-state index contributed by atoms with van der Waals surface area (Å²) in [4.78, 5) is 0. The van der Waals surface area contributed by atoms with Crippen LogP contribution in [0.1, 0.15) is 101 Å². The maximum Gasteiger partial charge on any atom is 0.434 e. The molecule has 0 spiro atoms. The van der Waals surface area contributed by atoms with Gasteiger partial charge in [-0.15, -0.1) is 0 Å². The minimum atomic E-state index is -5.55. The third-order valence-electron chi connectivity index (χ3n) is 7.02. The topological polar surface area (TPSA) is 9.23 Å². The van der Waals surface area contributed by atoms with Crippen LogP contribution in [0.15, 0.2) is 12.3 Å². The third kappa shape index (κ3) is 11.4. The zero-order valence-electron chi connectivity index (χ0n) is 22.0. The number of ether oxygens (including phenoxy) is 1. The Labute approximate surface area is 197 Å². The molecule has 0 amide bonds. The van der Waals surface area contributed by atoms with Crippen LogP contribution in [-0.4, -0.2) is 18.5 Å². The van der Waals surface area contributed by atoms with E-state index < -0.39 is 29.6 Å². The van der Waals surface area contributed by atoms with Crippen LogP contribution in [0.2, 0.25) is 0 Å². The monoisotopic (exact) mass is 488 g/mol. The Balaban J connectivity index is 5.10. The summed E-state index contributed by atoms with van der Waals surface area (Å²) in [7, 11) is 0. The zero-order valence-corrected chi connectivity index (χ0v) is 22.0. The van der Waals surface area contributed by atoms with Crippen molar-refractivity contribution >= 4 is 0 Å². The molecule has 0 rings (SSSR count). The summed E-state index contributed by atoms with van der Waals surface area (Å²) in [6, 6.07) is 0. The second-order valence-electron chi connectivity index (χ2n) is 11.8. The molecule has 1 nitrogen and oxygen atoms in total. The highest BCUT2D eigenvalue weighted by Crippen LogP contribution is 2.44. The van der Waals surface area contributed by atoms with Crippen molar-refractivity contribution in [1.82, 2.24) is 0 Å². The van der Waals surface area contributed by atoms with Gasteiger partial charge < -0.3 is 4.74 Å². The second kappa shape index (κ2) is 12.2. The fraction of sp³-hybridized carbons (Fsp3) is 0.923. The molecule has 3 unspecified atom stereocenters. The van der Waals surface area contributed by atoms with E-state index in [0.717, 1.165) is 25.7 Å². The van der Waals surface area contributed by atoms with Gasteiger partial charge in [-0.25, -0.2) is 0 Å². The predicted octanol–water partition coefficient (Wildman–Crippen LogP) is 9.97. The molecule has 0 fully saturated rings. The van der Waals surface area contributed by atoms with Crippen molar-refractivity contribution in [2.24, 2.45) is 34.5 Å². The number of alkyl halides is 6. The second-order valence-corrected chi connectivity index (χ2v) is 11.8. The Bertz CT molecular complexity index is 575. The van der Waals surface area contributed by atoms with E-state index in [1.807, 2.05) is 6.92 Å². The fourth-order valence-electron chi connectivity index (χ4n) is 4.88. The van der Waals surface area contributed by atoms with Crippen LogP contribution in [0.5, 0.6) is 0 Å². The number of rotatable bonds is 14. The highest BCUT2D eigenvalue weighted by molar-refractivity contribution is 5.01. The van der Waals surface area contributed by atoms with Gasteiger partial charge in [0.15, 0.2) is 0 Å². The molecule has 0 aliphatic carbocycles. The Hall–Kier alpha value is -0.880. The minimum absolute atomic E-state index is 0.0147. The van der Waals surface area contributed by atoms with Crippen molar-refractivity contribution in [3.63, 3.8) is 0 Å². The molecule has 0 radical (unpaired) electrons. The van der Waals surface area contributed by atoms with Gasteiger partial charge >= 0.3 is 12.4 Å². The summed E-state index contributed by atoms with van der Waals surface area (Å²) in [5, 5.41) is 0. The Kier molecular flexibility index (Phi) is 11.9. The van der Waals surface area contributed by atoms with E-state index in [2.05, 4.69) is 52.9 Å². The largest absolute Gasteiger partial charge is 0.476 e. The van der Waals surface area contributed by atoms with E-state index in [1.54, 1.807) is 13.8 Å². The van der Waals surface area contributed by atoms with Crippen LogP contribution in [-0.2, 0) is 4.74 Å². The molecule has 7 heteroatoms. The van der Waals surface area contributed by atoms with E-state index in [4.69, 9.17) is 0 Å². The smallest absolute Gasteiger partial charge is 0.434 e. The van der Waals surface area contributed by atoms with Gasteiger partial charge in [-0.05, 0) is 54.8 Å². The normalized spacial score (nSPS) is 16.8. The predicted molar refractivity (Wildman–Crippen MR) is 124 cm³/mol. The highest BCUT2D eigenvalue weighted by Gasteiger charge is 2.59. The van der Waals surface area contributed by atoms with Crippen molar-refractivity contribution in [3.05, 3.63) is 12.3 Å². The van der Waals surface area contributed by atoms with Crippen LogP contribution >= 0.6 is 0 Å². The molecule has 0 aromatic carbocycles. The third-order valence-corrected chi connectivity index (χ3v) is 7.02. The number of allylic oxidation sites excluding steroid dienone is 1. The van der Waals surface area contributed by atoms with E-state index in [-0.39, 0.29) is 11.3 Å². The van der Waals surface area contributed by atoms with E-state index in [0.29, 0.717) is 24.2 Å². The van der Waals surface area contributed by atoms with Gasteiger partial charge in [0.05, 0.1) is 5.76 Å². The van der Waals surface area contributed by atoms with E-state index in [1.165, 1.54) is 6.42 Å². The Morgan fingerprint density at radius 3 is 1.70 bits per heavy atom. The first-order valence-electron chi connectivity index (χ1n) is 12.1. The molecular weight excluding hydrogens is 442 g/mol. The van der Waals surface area contributed by atoms with Crippen molar-refractivity contribution in [2.45, 2.75) is 119 Å². The summed E-state index contributed by atoms with van der Waals surface area (Å²) in [6.45, 7) is 22.0. The molecule has 0 saturated heterocycles. The van der Waals surface area contributed by atoms with Crippen molar-refractivity contribution < 1.29 is 31.1 Å². The SMILES string of the molecule is C=C(OC(C(F)(F)F)C(F)(F)F)C(C)(C)CC(C)CC(C)(C)CCC(CCC)C(C)C(C)C. The van der Waals surface area contributed by atoms with Gasteiger partial charge in [0.2, 0.25) is 0 Å².